The largest absolute Gasteiger partial charge is 0.378 e. The zero-order valence-corrected chi connectivity index (χ0v) is 8.33. The normalized spacial score (nSPS) is 48.4. The van der Waals surface area contributed by atoms with Crippen LogP contribution in [0.25, 0.3) is 0 Å². The van der Waals surface area contributed by atoms with Crippen molar-refractivity contribution in [1.82, 2.24) is 5.48 Å². The van der Waals surface area contributed by atoms with E-state index in [1.54, 1.807) is 7.11 Å². The van der Waals surface area contributed by atoms with Crippen molar-refractivity contribution in [1.29, 1.82) is 0 Å². The number of nitrogens with one attached hydrogen (secondary N) is 1. The van der Waals surface area contributed by atoms with Crippen LogP contribution in [0.5, 0.6) is 0 Å². The Hall–Kier alpha value is -0.450. The highest BCUT2D eigenvalue weighted by Crippen LogP contribution is 2.42. The van der Waals surface area contributed by atoms with Crippen LogP contribution < -0.4 is 5.48 Å². The van der Waals surface area contributed by atoms with Gasteiger partial charge in [0.2, 0.25) is 0 Å². The van der Waals surface area contributed by atoms with Crippen LogP contribution in [0.1, 0.15) is 13.8 Å². The van der Waals surface area contributed by atoms with Gasteiger partial charge in [-0.2, -0.15) is 5.48 Å². The molecule has 0 radical (unpaired) electrons. The smallest absolute Gasteiger partial charge is 0.138 e. The van der Waals surface area contributed by atoms with Gasteiger partial charge in [0.1, 0.15) is 5.54 Å². The van der Waals surface area contributed by atoms with Gasteiger partial charge in [-0.15, -0.1) is 0 Å². The summed E-state index contributed by atoms with van der Waals surface area (Å²) in [5, 5.41) is 0. The van der Waals surface area contributed by atoms with Crippen molar-refractivity contribution in [3.8, 4) is 0 Å². The van der Waals surface area contributed by atoms with Gasteiger partial charge in [-0.25, -0.2) is 0 Å². The van der Waals surface area contributed by atoms with E-state index in [2.05, 4.69) is 24.3 Å². The SMILES string of the molecule is CONC1(C)C(C)COCC12C=N2. The zero-order chi connectivity index (χ0) is 9.53. The van der Waals surface area contributed by atoms with E-state index in [1.165, 1.54) is 0 Å². The standard InChI is InChI=1S/C9H16N2O2/c1-7-4-13-6-9(5-10-9)8(7,2)11-12-3/h5,7,11H,4,6H2,1-3H3. The molecule has 2 aliphatic rings. The van der Waals surface area contributed by atoms with Crippen LogP contribution in [0.3, 0.4) is 0 Å². The van der Waals surface area contributed by atoms with Crippen molar-refractivity contribution in [2.24, 2.45) is 10.9 Å². The highest BCUT2D eigenvalue weighted by atomic mass is 16.6. The third-order valence-corrected chi connectivity index (χ3v) is 3.33. The van der Waals surface area contributed by atoms with Crippen molar-refractivity contribution in [2.75, 3.05) is 20.3 Å². The number of rotatable bonds is 2. The number of hydroxylamine groups is 1. The summed E-state index contributed by atoms with van der Waals surface area (Å²) in [5.41, 5.74) is 2.78. The van der Waals surface area contributed by atoms with Gasteiger partial charge in [-0.1, -0.05) is 6.92 Å². The van der Waals surface area contributed by atoms with Crippen LogP contribution in [0.4, 0.5) is 0 Å². The molecule has 0 aromatic rings. The van der Waals surface area contributed by atoms with Crippen LogP contribution in [0, 0.1) is 5.92 Å². The third kappa shape index (κ3) is 1.13. The lowest BCUT2D eigenvalue weighted by atomic mass is 9.74. The Labute approximate surface area is 78.3 Å². The summed E-state index contributed by atoms with van der Waals surface area (Å²) < 4.78 is 5.48. The molecule has 0 aromatic carbocycles. The van der Waals surface area contributed by atoms with Crippen molar-refractivity contribution in [3.63, 3.8) is 0 Å². The molecule has 3 atom stereocenters. The fourth-order valence-corrected chi connectivity index (χ4v) is 1.96. The maximum Gasteiger partial charge on any atom is 0.138 e. The lowest BCUT2D eigenvalue weighted by Gasteiger charge is -2.44. The maximum atomic E-state index is 5.48. The number of nitrogens with zero attached hydrogens (tertiary/aromatic N) is 1. The van der Waals surface area contributed by atoms with Gasteiger partial charge in [0, 0.05) is 12.1 Å². The lowest BCUT2D eigenvalue weighted by molar-refractivity contribution is -0.0894. The fraction of sp³-hybridized carbons (Fsp3) is 0.889. The summed E-state index contributed by atoms with van der Waals surface area (Å²) >= 11 is 0. The van der Waals surface area contributed by atoms with Crippen molar-refractivity contribution < 1.29 is 9.57 Å². The molecule has 74 valence electrons. The number of hydrogen-bond acceptors (Lipinski definition) is 4. The molecule has 0 aromatic heterocycles. The van der Waals surface area contributed by atoms with E-state index in [4.69, 9.17) is 9.57 Å². The molecule has 0 aliphatic carbocycles. The fourth-order valence-electron chi connectivity index (χ4n) is 1.96. The molecule has 2 heterocycles. The molecule has 2 rings (SSSR count). The Bertz CT molecular complexity index is 236. The minimum absolute atomic E-state index is 0.125. The predicted molar refractivity (Wildman–Crippen MR) is 49.8 cm³/mol. The first-order chi connectivity index (χ1) is 6.15. The van der Waals surface area contributed by atoms with Gasteiger partial charge in [-0.05, 0) is 6.92 Å². The van der Waals surface area contributed by atoms with Gasteiger partial charge in [0.25, 0.3) is 0 Å². The number of aliphatic imine (C=N–C) groups is 1. The molecule has 13 heavy (non-hydrogen) atoms. The second-order valence-corrected chi connectivity index (χ2v) is 4.11. The van der Waals surface area contributed by atoms with E-state index in [0.717, 1.165) is 6.61 Å². The monoisotopic (exact) mass is 184 g/mol. The molecule has 1 fully saturated rings. The third-order valence-electron chi connectivity index (χ3n) is 3.33. The zero-order valence-electron chi connectivity index (χ0n) is 8.33. The molecule has 4 nitrogen and oxygen atoms in total. The van der Waals surface area contributed by atoms with E-state index in [1.807, 2.05) is 6.21 Å². The topological polar surface area (TPSA) is 42.8 Å². The Morgan fingerprint density at radius 2 is 2.38 bits per heavy atom. The van der Waals surface area contributed by atoms with Crippen LogP contribution in [-0.4, -0.2) is 37.6 Å². The first-order valence-corrected chi connectivity index (χ1v) is 4.59. The summed E-state index contributed by atoms with van der Waals surface area (Å²) in [6, 6.07) is 0. The number of ether oxygens (including phenoxy) is 1. The van der Waals surface area contributed by atoms with Gasteiger partial charge in [-0.3, -0.25) is 4.99 Å². The average Bonchev–Trinajstić information content (AvgIpc) is 2.84. The Kier molecular flexibility index (Phi) is 1.94. The molecule has 1 spiro atoms. The highest BCUT2D eigenvalue weighted by Gasteiger charge is 2.59. The minimum Gasteiger partial charge on any atom is -0.378 e. The summed E-state index contributed by atoms with van der Waals surface area (Å²) in [7, 11) is 1.64. The maximum absolute atomic E-state index is 5.48. The Morgan fingerprint density at radius 1 is 1.69 bits per heavy atom. The molecule has 0 amide bonds. The quantitative estimate of drug-likeness (QED) is 0.631. The first-order valence-electron chi connectivity index (χ1n) is 4.59. The molecule has 0 saturated carbocycles. The highest BCUT2D eigenvalue weighted by molar-refractivity contribution is 5.87. The summed E-state index contributed by atoms with van der Waals surface area (Å²) in [4.78, 5) is 9.37. The van der Waals surface area contributed by atoms with Crippen molar-refractivity contribution in [3.05, 3.63) is 0 Å². The van der Waals surface area contributed by atoms with Gasteiger partial charge in [0.15, 0.2) is 0 Å². The second-order valence-electron chi connectivity index (χ2n) is 4.11. The second kappa shape index (κ2) is 2.77. The molecule has 3 unspecified atom stereocenters. The molecular weight excluding hydrogens is 168 g/mol. The van der Waals surface area contributed by atoms with Gasteiger partial charge in [0.05, 0.1) is 25.9 Å². The predicted octanol–water partition coefficient (Wildman–Crippen LogP) is 0.386. The van der Waals surface area contributed by atoms with Crippen molar-refractivity contribution in [2.45, 2.75) is 24.9 Å². The van der Waals surface area contributed by atoms with Gasteiger partial charge >= 0.3 is 0 Å². The van der Waals surface area contributed by atoms with Crippen molar-refractivity contribution >= 4 is 6.21 Å². The average molecular weight is 184 g/mol. The van der Waals surface area contributed by atoms with E-state index >= 15 is 0 Å². The molecule has 1 saturated heterocycles. The lowest BCUT2D eigenvalue weighted by Crippen LogP contribution is -2.64. The van der Waals surface area contributed by atoms with Gasteiger partial charge < -0.3 is 9.57 Å². The van der Waals surface area contributed by atoms with E-state index in [0.29, 0.717) is 12.5 Å². The number of hydrogen-bond donors (Lipinski definition) is 1. The Morgan fingerprint density at radius 3 is 2.92 bits per heavy atom. The van der Waals surface area contributed by atoms with Crippen LogP contribution in [-0.2, 0) is 9.57 Å². The van der Waals surface area contributed by atoms with Crippen LogP contribution in [0.2, 0.25) is 0 Å². The summed E-state index contributed by atoms with van der Waals surface area (Å²) in [5.74, 6) is 0.392. The van der Waals surface area contributed by atoms with Crippen LogP contribution in [0.15, 0.2) is 4.99 Å². The molecule has 0 bridgehead atoms. The van der Waals surface area contributed by atoms with E-state index < -0.39 is 0 Å². The summed E-state index contributed by atoms with van der Waals surface area (Å²) in [6.45, 7) is 5.72. The minimum atomic E-state index is -0.152. The molecule has 1 N–H and O–H groups in total. The summed E-state index contributed by atoms with van der Waals surface area (Å²) in [6.07, 6.45) is 1.95. The molecule has 4 heteroatoms. The van der Waals surface area contributed by atoms with E-state index in [9.17, 15) is 0 Å². The molecular formula is C9H16N2O2. The molecule has 2 aliphatic heterocycles. The van der Waals surface area contributed by atoms with Crippen LogP contribution >= 0.6 is 0 Å². The van der Waals surface area contributed by atoms with E-state index in [-0.39, 0.29) is 11.1 Å². The Balaban J connectivity index is 2.18. The first kappa shape index (κ1) is 9.12.